The van der Waals surface area contributed by atoms with Crippen molar-refractivity contribution in [2.45, 2.75) is 18.4 Å². The maximum Gasteiger partial charge on any atom is 0.248 e. The van der Waals surface area contributed by atoms with Crippen molar-refractivity contribution in [3.05, 3.63) is 29.8 Å². The van der Waals surface area contributed by atoms with Crippen LogP contribution in [0.25, 0.3) is 0 Å². The smallest absolute Gasteiger partial charge is 0.248 e. The highest BCUT2D eigenvalue weighted by atomic mass is 16.5. The topological polar surface area (TPSA) is 38.8 Å². The van der Waals surface area contributed by atoms with Gasteiger partial charge in [-0.1, -0.05) is 12.1 Å². The molecule has 0 radical (unpaired) electrons. The van der Waals surface area contributed by atoms with E-state index in [0.717, 1.165) is 12.2 Å². The number of benzene rings is 1. The van der Waals surface area contributed by atoms with E-state index in [4.69, 9.17) is 9.47 Å². The molecule has 0 N–H and O–H groups in total. The highest BCUT2D eigenvalue weighted by molar-refractivity contribution is 5.78. The minimum Gasteiger partial charge on any atom is -0.497 e. The first-order chi connectivity index (χ1) is 8.67. The second-order valence-electron chi connectivity index (χ2n) is 4.62. The van der Waals surface area contributed by atoms with E-state index in [1.165, 1.54) is 12.7 Å². The Morgan fingerprint density at radius 2 is 2.22 bits per heavy atom. The Morgan fingerprint density at radius 3 is 2.89 bits per heavy atom. The molecular weight excluding hydrogens is 230 g/mol. The van der Waals surface area contributed by atoms with Crippen LogP contribution in [0.15, 0.2) is 24.3 Å². The Balaban J connectivity index is 1.99. The number of hydrogen-bond acceptors (Lipinski definition) is 3. The molecule has 4 heteroatoms. The van der Waals surface area contributed by atoms with Crippen LogP contribution in [-0.2, 0) is 9.53 Å². The third kappa shape index (κ3) is 2.64. The van der Waals surface area contributed by atoms with Crippen LogP contribution in [0, 0.1) is 0 Å². The van der Waals surface area contributed by atoms with Crippen LogP contribution in [0.2, 0.25) is 0 Å². The van der Waals surface area contributed by atoms with Crippen LogP contribution in [0.3, 0.4) is 0 Å². The molecule has 98 valence electrons. The normalized spacial score (nSPS) is 21.5. The van der Waals surface area contributed by atoms with Gasteiger partial charge in [0.1, 0.15) is 12.4 Å². The van der Waals surface area contributed by atoms with E-state index in [9.17, 15) is 4.79 Å². The molecule has 0 aromatic heterocycles. The summed E-state index contributed by atoms with van der Waals surface area (Å²) in [6.07, 6.45) is 1.01. The Morgan fingerprint density at radius 1 is 1.44 bits per heavy atom. The number of hydrogen-bond donors (Lipinski definition) is 0. The highest BCUT2D eigenvalue weighted by Gasteiger charge is 2.43. The highest BCUT2D eigenvalue weighted by Crippen LogP contribution is 2.44. The lowest BCUT2D eigenvalue weighted by molar-refractivity contribution is -0.134. The first kappa shape index (κ1) is 12.9. The second kappa shape index (κ2) is 5.40. The maximum absolute atomic E-state index is 11.7. The second-order valence-corrected chi connectivity index (χ2v) is 4.62. The molecule has 1 fully saturated rings. The van der Waals surface area contributed by atoms with Crippen molar-refractivity contribution in [1.82, 2.24) is 4.90 Å². The summed E-state index contributed by atoms with van der Waals surface area (Å²) in [5.41, 5.74) is 1.23. The zero-order valence-corrected chi connectivity index (χ0v) is 11.1. The van der Waals surface area contributed by atoms with Gasteiger partial charge in [0.2, 0.25) is 5.91 Å². The summed E-state index contributed by atoms with van der Waals surface area (Å²) in [4.78, 5) is 13.5. The number of rotatable bonds is 5. The standard InChI is InChI=1S/C14H19NO3/c1-15(14(16)9-17-2)13-8-12(13)10-5-4-6-11(7-10)18-3/h4-7,12-13H,8-9H2,1-3H3. The fraction of sp³-hybridized carbons (Fsp3) is 0.500. The zero-order valence-electron chi connectivity index (χ0n) is 11.1. The summed E-state index contributed by atoms with van der Waals surface area (Å²) in [7, 11) is 5.04. The first-order valence-electron chi connectivity index (χ1n) is 6.06. The van der Waals surface area contributed by atoms with E-state index in [1.54, 1.807) is 12.0 Å². The van der Waals surface area contributed by atoms with Gasteiger partial charge >= 0.3 is 0 Å². The summed E-state index contributed by atoms with van der Waals surface area (Å²) in [6, 6.07) is 8.34. The van der Waals surface area contributed by atoms with Gasteiger partial charge in [0.25, 0.3) is 0 Å². The first-order valence-corrected chi connectivity index (χ1v) is 6.06. The Hall–Kier alpha value is -1.55. The molecule has 4 nitrogen and oxygen atoms in total. The zero-order chi connectivity index (χ0) is 13.1. The molecule has 1 aromatic carbocycles. The van der Waals surface area contributed by atoms with E-state index in [1.807, 2.05) is 25.2 Å². The van der Waals surface area contributed by atoms with Crippen LogP contribution in [-0.4, -0.2) is 44.7 Å². The quantitative estimate of drug-likeness (QED) is 0.796. The SMILES string of the molecule is COCC(=O)N(C)C1CC1c1cccc(OC)c1. The number of amides is 1. The summed E-state index contributed by atoms with van der Waals surface area (Å²) in [5, 5.41) is 0. The predicted molar refractivity (Wildman–Crippen MR) is 68.8 cm³/mol. The minimum absolute atomic E-state index is 0.0351. The van der Waals surface area contributed by atoms with E-state index >= 15 is 0 Å². The van der Waals surface area contributed by atoms with Crippen LogP contribution in [0.5, 0.6) is 5.75 Å². The molecule has 1 saturated carbocycles. The average Bonchev–Trinajstić information content (AvgIpc) is 3.18. The molecule has 2 atom stereocenters. The van der Waals surface area contributed by atoms with Gasteiger partial charge in [-0.2, -0.15) is 0 Å². The van der Waals surface area contributed by atoms with Crippen LogP contribution < -0.4 is 4.74 Å². The van der Waals surface area contributed by atoms with Gasteiger partial charge < -0.3 is 14.4 Å². The van der Waals surface area contributed by atoms with Crippen molar-refractivity contribution in [1.29, 1.82) is 0 Å². The van der Waals surface area contributed by atoms with Crippen molar-refractivity contribution >= 4 is 5.91 Å². The molecule has 1 aromatic rings. The van der Waals surface area contributed by atoms with Gasteiger partial charge in [-0.25, -0.2) is 0 Å². The molecule has 18 heavy (non-hydrogen) atoms. The van der Waals surface area contributed by atoms with Gasteiger partial charge in [-0.05, 0) is 24.1 Å². The molecule has 1 aliphatic rings. The fourth-order valence-corrected chi connectivity index (χ4v) is 2.25. The molecule has 1 aliphatic carbocycles. The lowest BCUT2D eigenvalue weighted by atomic mass is 10.1. The van der Waals surface area contributed by atoms with Crippen molar-refractivity contribution in [2.75, 3.05) is 27.9 Å². The largest absolute Gasteiger partial charge is 0.497 e. The van der Waals surface area contributed by atoms with E-state index < -0.39 is 0 Å². The number of nitrogens with zero attached hydrogens (tertiary/aromatic N) is 1. The third-order valence-electron chi connectivity index (χ3n) is 3.44. The maximum atomic E-state index is 11.7. The van der Waals surface area contributed by atoms with Crippen LogP contribution in [0.4, 0.5) is 0 Å². The Labute approximate surface area is 107 Å². The lowest BCUT2D eigenvalue weighted by Crippen LogP contribution is -2.32. The van der Waals surface area contributed by atoms with Crippen molar-refractivity contribution in [3.63, 3.8) is 0 Å². The van der Waals surface area contributed by atoms with Crippen molar-refractivity contribution < 1.29 is 14.3 Å². The number of ether oxygens (including phenoxy) is 2. The average molecular weight is 249 g/mol. The molecule has 1 amide bonds. The van der Waals surface area contributed by atoms with Gasteiger partial charge in [-0.15, -0.1) is 0 Å². The summed E-state index contributed by atoms with van der Waals surface area (Å²) in [5.74, 6) is 1.32. The molecule has 0 spiro atoms. The van der Waals surface area contributed by atoms with E-state index in [-0.39, 0.29) is 12.5 Å². The summed E-state index contributed by atoms with van der Waals surface area (Å²) >= 11 is 0. The van der Waals surface area contributed by atoms with Gasteiger partial charge in [0, 0.05) is 26.1 Å². The molecule has 0 aliphatic heterocycles. The Bertz CT molecular complexity index is 433. The number of methoxy groups -OCH3 is 2. The van der Waals surface area contributed by atoms with Crippen LogP contribution in [0.1, 0.15) is 17.9 Å². The van der Waals surface area contributed by atoms with Gasteiger partial charge in [0.15, 0.2) is 0 Å². The van der Waals surface area contributed by atoms with Crippen molar-refractivity contribution in [2.24, 2.45) is 0 Å². The molecule has 0 saturated heterocycles. The monoisotopic (exact) mass is 249 g/mol. The van der Waals surface area contributed by atoms with Gasteiger partial charge in [-0.3, -0.25) is 4.79 Å². The molecule has 0 heterocycles. The number of carbonyl (C=O) groups excluding carboxylic acids is 1. The summed E-state index contributed by atoms with van der Waals surface area (Å²) < 4.78 is 10.1. The molecule has 0 bridgehead atoms. The number of likely N-dealkylation sites (N-methyl/N-ethyl adjacent to an activating group) is 1. The Kier molecular flexibility index (Phi) is 3.87. The predicted octanol–water partition coefficient (Wildman–Crippen LogP) is 1.66. The third-order valence-corrected chi connectivity index (χ3v) is 3.44. The van der Waals surface area contributed by atoms with E-state index in [0.29, 0.717) is 12.0 Å². The fourth-order valence-electron chi connectivity index (χ4n) is 2.25. The molecular formula is C14H19NO3. The lowest BCUT2D eigenvalue weighted by Gasteiger charge is -2.17. The van der Waals surface area contributed by atoms with Crippen LogP contribution >= 0.6 is 0 Å². The summed E-state index contributed by atoms with van der Waals surface area (Å²) in [6.45, 7) is 0.151. The minimum atomic E-state index is 0.0351. The van der Waals surface area contributed by atoms with Crippen molar-refractivity contribution in [3.8, 4) is 5.75 Å². The number of carbonyl (C=O) groups is 1. The molecule has 2 unspecified atom stereocenters. The molecule has 2 rings (SSSR count). The van der Waals surface area contributed by atoms with E-state index in [2.05, 4.69) is 6.07 Å². The van der Waals surface area contributed by atoms with Gasteiger partial charge in [0.05, 0.1) is 7.11 Å².